The SMILES string of the molecule is CCC1=C(CO)C(=O)C(C)(O)C(C)O1. The fourth-order valence-corrected chi connectivity index (χ4v) is 1.47. The summed E-state index contributed by atoms with van der Waals surface area (Å²) < 4.78 is 5.37. The van der Waals surface area contributed by atoms with Crippen LogP contribution in [0.5, 0.6) is 0 Å². The Morgan fingerprint density at radius 2 is 2.14 bits per heavy atom. The van der Waals surface area contributed by atoms with Crippen molar-refractivity contribution in [2.45, 2.75) is 38.9 Å². The van der Waals surface area contributed by atoms with Gasteiger partial charge in [-0.1, -0.05) is 6.92 Å². The van der Waals surface area contributed by atoms with E-state index in [4.69, 9.17) is 9.84 Å². The van der Waals surface area contributed by atoms with Gasteiger partial charge in [0.25, 0.3) is 0 Å². The highest BCUT2D eigenvalue weighted by molar-refractivity contribution is 6.03. The molecule has 2 unspecified atom stereocenters. The lowest BCUT2D eigenvalue weighted by atomic mass is 9.87. The van der Waals surface area contributed by atoms with E-state index < -0.39 is 17.5 Å². The van der Waals surface area contributed by atoms with E-state index in [-0.39, 0.29) is 12.2 Å². The van der Waals surface area contributed by atoms with E-state index in [0.29, 0.717) is 12.2 Å². The number of aliphatic hydroxyl groups excluding tert-OH is 1. The predicted octanol–water partition coefficient (Wildman–Crippen LogP) is 0.382. The highest BCUT2D eigenvalue weighted by Gasteiger charge is 2.44. The Hall–Kier alpha value is -0.870. The number of hydrogen-bond acceptors (Lipinski definition) is 4. The standard InChI is InChI=1S/C10H16O4/c1-4-8-7(5-11)9(12)10(3,13)6(2)14-8/h6,11,13H,4-5H2,1-3H3. The van der Waals surface area contributed by atoms with E-state index >= 15 is 0 Å². The van der Waals surface area contributed by atoms with E-state index in [9.17, 15) is 9.90 Å². The highest BCUT2D eigenvalue weighted by Crippen LogP contribution is 2.29. The first-order valence-corrected chi connectivity index (χ1v) is 4.71. The average molecular weight is 200 g/mol. The number of aliphatic hydroxyl groups is 2. The Labute approximate surface area is 83.2 Å². The Kier molecular flexibility index (Phi) is 2.97. The van der Waals surface area contributed by atoms with Crippen molar-refractivity contribution in [1.29, 1.82) is 0 Å². The number of Topliss-reactive ketones (excluding diaryl/α,β-unsaturated/α-hetero) is 1. The molecule has 0 aromatic rings. The van der Waals surface area contributed by atoms with Crippen LogP contribution in [0.2, 0.25) is 0 Å². The van der Waals surface area contributed by atoms with Gasteiger partial charge in [0.05, 0.1) is 12.2 Å². The Balaban J connectivity index is 3.13. The Morgan fingerprint density at radius 3 is 2.57 bits per heavy atom. The topological polar surface area (TPSA) is 66.8 Å². The molecule has 4 heteroatoms. The molecule has 1 heterocycles. The van der Waals surface area contributed by atoms with Crippen molar-refractivity contribution in [1.82, 2.24) is 0 Å². The lowest BCUT2D eigenvalue weighted by Crippen LogP contribution is -2.51. The van der Waals surface area contributed by atoms with Gasteiger partial charge in [-0.3, -0.25) is 4.79 Å². The van der Waals surface area contributed by atoms with Crippen molar-refractivity contribution >= 4 is 5.78 Å². The molecule has 0 saturated heterocycles. The molecule has 2 atom stereocenters. The molecule has 0 fully saturated rings. The molecule has 0 amide bonds. The summed E-state index contributed by atoms with van der Waals surface area (Å²) >= 11 is 0. The minimum Gasteiger partial charge on any atom is -0.491 e. The Morgan fingerprint density at radius 1 is 1.57 bits per heavy atom. The van der Waals surface area contributed by atoms with Crippen molar-refractivity contribution in [3.63, 3.8) is 0 Å². The number of ketones is 1. The maximum Gasteiger partial charge on any atom is 0.199 e. The fraction of sp³-hybridized carbons (Fsp3) is 0.700. The van der Waals surface area contributed by atoms with Gasteiger partial charge in [0, 0.05) is 6.42 Å². The summed E-state index contributed by atoms with van der Waals surface area (Å²) in [4.78, 5) is 11.7. The third-order valence-corrected chi connectivity index (χ3v) is 2.66. The summed E-state index contributed by atoms with van der Waals surface area (Å²) in [5.41, 5.74) is -1.34. The van der Waals surface area contributed by atoms with Crippen LogP contribution in [0.15, 0.2) is 11.3 Å². The minimum atomic E-state index is -1.53. The largest absolute Gasteiger partial charge is 0.491 e. The van der Waals surface area contributed by atoms with Crippen molar-refractivity contribution in [3.8, 4) is 0 Å². The zero-order chi connectivity index (χ0) is 10.9. The second-order valence-corrected chi connectivity index (χ2v) is 3.65. The molecular formula is C10H16O4. The number of carbonyl (C=O) groups excluding carboxylic acids is 1. The second kappa shape index (κ2) is 3.71. The van der Waals surface area contributed by atoms with Crippen LogP contribution >= 0.6 is 0 Å². The van der Waals surface area contributed by atoms with Crippen LogP contribution in [-0.2, 0) is 9.53 Å². The summed E-state index contributed by atoms with van der Waals surface area (Å²) in [5.74, 6) is 0.0483. The molecule has 1 rings (SSSR count). The van der Waals surface area contributed by atoms with Gasteiger partial charge >= 0.3 is 0 Å². The van der Waals surface area contributed by atoms with Gasteiger partial charge in [-0.25, -0.2) is 0 Å². The second-order valence-electron chi connectivity index (χ2n) is 3.65. The van der Waals surface area contributed by atoms with E-state index in [1.165, 1.54) is 6.92 Å². The van der Waals surface area contributed by atoms with Crippen LogP contribution in [0.25, 0.3) is 0 Å². The van der Waals surface area contributed by atoms with Crippen LogP contribution in [0.4, 0.5) is 0 Å². The maximum atomic E-state index is 11.7. The summed E-state index contributed by atoms with van der Waals surface area (Å²) in [7, 11) is 0. The first kappa shape index (κ1) is 11.2. The molecule has 80 valence electrons. The number of hydrogen-bond donors (Lipinski definition) is 2. The van der Waals surface area contributed by atoms with Gasteiger partial charge in [-0.05, 0) is 13.8 Å². The van der Waals surface area contributed by atoms with Crippen LogP contribution in [0, 0.1) is 0 Å². The van der Waals surface area contributed by atoms with Crippen molar-refractivity contribution in [2.75, 3.05) is 6.61 Å². The molecule has 1 aliphatic rings. The lowest BCUT2D eigenvalue weighted by molar-refractivity contribution is -0.149. The minimum absolute atomic E-state index is 0.190. The molecule has 0 saturated carbocycles. The van der Waals surface area contributed by atoms with Crippen LogP contribution in [-0.4, -0.2) is 34.3 Å². The summed E-state index contributed by atoms with van der Waals surface area (Å²) in [6.45, 7) is 4.50. The van der Waals surface area contributed by atoms with Crippen LogP contribution < -0.4 is 0 Å². The third kappa shape index (κ3) is 1.55. The summed E-state index contributed by atoms with van der Waals surface area (Å²) in [6.07, 6.45) is -0.0255. The fourth-order valence-electron chi connectivity index (χ4n) is 1.47. The van der Waals surface area contributed by atoms with Gasteiger partial charge in [0.15, 0.2) is 11.4 Å². The molecule has 0 radical (unpaired) electrons. The molecular weight excluding hydrogens is 184 g/mol. The molecule has 0 aromatic carbocycles. The van der Waals surface area contributed by atoms with Crippen molar-refractivity contribution in [3.05, 3.63) is 11.3 Å². The predicted molar refractivity (Wildman–Crippen MR) is 50.6 cm³/mol. The number of ether oxygens (including phenoxy) is 1. The quantitative estimate of drug-likeness (QED) is 0.676. The molecule has 0 spiro atoms. The van der Waals surface area contributed by atoms with E-state index in [2.05, 4.69) is 0 Å². The normalized spacial score (nSPS) is 33.2. The highest BCUT2D eigenvalue weighted by atomic mass is 16.5. The zero-order valence-electron chi connectivity index (χ0n) is 8.70. The molecule has 14 heavy (non-hydrogen) atoms. The molecule has 0 aromatic heterocycles. The van der Waals surface area contributed by atoms with Crippen LogP contribution in [0.3, 0.4) is 0 Å². The van der Waals surface area contributed by atoms with Crippen molar-refractivity contribution < 1.29 is 19.7 Å². The average Bonchev–Trinajstić information content (AvgIpc) is 2.14. The van der Waals surface area contributed by atoms with Gasteiger partial charge in [0.2, 0.25) is 0 Å². The van der Waals surface area contributed by atoms with E-state index in [1.807, 2.05) is 6.92 Å². The maximum absolute atomic E-state index is 11.7. The third-order valence-electron chi connectivity index (χ3n) is 2.66. The van der Waals surface area contributed by atoms with Gasteiger partial charge in [-0.2, -0.15) is 0 Å². The van der Waals surface area contributed by atoms with Gasteiger partial charge < -0.3 is 14.9 Å². The van der Waals surface area contributed by atoms with E-state index in [0.717, 1.165) is 0 Å². The molecule has 0 bridgehead atoms. The monoisotopic (exact) mass is 200 g/mol. The zero-order valence-corrected chi connectivity index (χ0v) is 8.70. The number of carbonyl (C=O) groups is 1. The molecule has 0 aliphatic carbocycles. The number of rotatable bonds is 2. The van der Waals surface area contributed by atoms with Gasteiger partial charge in [-0.15, -0.1) is 0 Å². The van der Waals surface area contributed by atoms with Crippen molar-refractivity contribution in [2.24, 2.45) is 0 Å². The Bertz CT molecular complexity index is 278. The lowest BCUT2D eigenvalue weighted by Gasteiger charge is -2.35. The molecule has 2 N–H and O–H groups in total. The first-order valence-electron chi connectivity index (χ1n) is 4.71. The summed E-state index contributed by atoms with van der Waals surface area (Å²) in [5, 5.41) is 18.8. The molecule has 1 aliphatic heterocycles. The first-order chi connectivity index (χ1) is 6.45. The number of allylic oxidation sites excluding steroid dienone is 1. The van der Waals surface area contributed by atoms with E-state index in [1.54, 1.807) is 6.92 Å². The van der Waals surface area contributed by atoms with Crippen LogP contribution in [0.1, 0.15) is 27.2 Å². The molecule has 4 nitrogen and oxygen atoms in total. The smallest absolute Gasteiger partial charge is 0.199 e. The summed E-state index contributed by atoms with van der Waals surface area (Å²) in [6, 6.07) is 0. The van der Waals surface area contributed by atoms with Gasteiger partial charge in [0.1, 0.15) is 11.9 Å².